The second-order valence-corrected chi connectivity index (χ2v) is 5.86. The second kappa shape index (κ2) is 6.79. The molecule has 1 aromatic heterocycles. The van der Waals surface area contributed by atoms with E-state index in [2.05, 4.69) is 21.8 Å². The molecule has 0 bridgehead atoms. The van der Waals surface area contributed by atoms with Crippen LogP contribution >= 0.6 is 0 Å². The second-order valence-electron chi connectivity index (χ2n) is 5.86. The molecular weight excluding hydrogens is 288 g/mol. The highest BCUT2D eigenvalue weighted by Crippen LogP contribution is 2.22. The number of amides is 1. The van der Waals surface area contributed by atoms with Crippen LogP contribution in [0.4, 0.5) is 11.5 Å². The minimum absolute atomic E-state index is 0.0294. The molecule has 1 amide bonds. The average Bonchev–Trinajstić information content (AvgIpc) is 2.62. The van der Waals surface area contributed by atoms with Crippen LogP contribution in [0.5, 0.6) is 0 Å². The lowest BCUT2D eigenvalue weighted by Gasteiger charge is -2.34. The van der Waals surface area contributed by atoms with E-state index in [1.807, 2.05) is 42.5 Å². The number of nitrogens with zero attached hydrogens (tertiary/aromatic N) is 4. The molecule has 120 valence electrons. The van der Waals surface area contributed by atoms with Gasteiger partial charge in [-0.2, -0.15) is 0 Å². The number of likely N-dealkylation sites (N-methyl/N-ethyl adjacent to an activating group) is 1. The van der Waals surface area contributed by atoms with Crippen molar-refractivity contribution in [1.82, 2.24) is 9.88 Å². The summed E-state index contributed by atoms with van der Waals surface area (Å²) < 4.78 is 0. The van der Waals surface area contributed by atoms with Gasteiger partial charge < -0.3 is 14.7 Å². The molecule has 0 saturated carbocycles. The lowest BCUT2D eigenvalue weighted by molar-refractivity contribution is 0.0993. The van der Waals surface area contributed by atoms with E-state index < -0.39 is 0 Å². The number of para-hydroxylation sites is 1. The van der Waals surface area contributed by atoms with E-state index in [4.69, 9.17) is 0 Å². The van der Waals surface area contributed by atoms with Crippen molar-refractivity contribution in [3.05, 3.63) is 54.2 Å². The molecule has 5 heteroatoms. The SMILES string of the molecule is CN1CCN(c2ncccc2C(=O)N(C)c2ccccc2)CC1. The fourth-order valence-electron chi connectivity index (χ4n) is 2.78. The number of hydrogen-bond acceptors (Lipinski definition) is 4. The lowest BCUT2D eigenvalue weighted by Crippen LogP contribution is -2.45. The number of hydrogen-bond donors (Lipinski definition) is 0. The van der Waals surface area contributed by atoms with Crippen LogP contribution in [0.2, 0.25) is 0 Å². The topological polar surface area (TPSA) is 39.7 Å². The van der Waals surface area contributed by atoms with Gasteiger partial charge in [-0.05, 0) is 31.3 Å². The first-order valence-corrected chi connectivity index (χ1v) is 7.88. The summed E-state index contributed by atoms with van der Waals surface area (Å²) in [6.07, 6.45) is 1.76. The maximum Gasteiger partial charge on any atom is 0.261 e. The Balaban J connectivity index is 1.86. The third-order valence-corrected chi connectivity index (χ3v) is 4.27. The molecule has 0 atom stereocenters. The standard InChI is InChI=1S/C18H22N4O/c1-20-11-13-22(14-12-20)17-16(9-6-10-19-17)18(23)21(2)15-7-4-3-5-8-15/h3-10H,11-14H2,1-2H3. The minimum atomic E-state index is -0.0294. The predicted molar refractivity (Wildman–Crippen MR) is 93.1 cm³/mol. The Kier molecular flexibility index (Phi) is 4.57. The number of carbonyl (C=O) groups excluding carboxylic acids is 1. The third-order valence-electron chi connectivity index (χ3n) is 4.27. The van der Waals surface area contributed by atoms with Gasteiger partial charge in [0.25, 0.3) is 5.91 Å². The van der Waals surface area contributed by atoms with Crippen LogP contribution in [-0.4, -0.2) is 56.1 Å². The van der Waals surface area contributed by atoms with Gasteiger partial charge in [-0.3, -0.25) is 4.79 Å². The van der Waals surface area contributed by atoms with Gasteiger partial charge in [-0.1, -0.05) is 18.2 Å². The van der Waals surface area contributed by atoms with Gasteiger partial charge in [0.1, 0.15) is 5.82 Å². The van der Waals surface area contributed by atoms with E-state index in [1.165, 1.54) is 0 Å². The molecule has 5 nitrogen and oxygen atoms in total. The van der Waals surface area contributed by atoms with Crippen molar-refractivity contribution in [2.45, 2.75) is 0 Å². The molecule has 1 aliphatic rings. The van der Waals surface area contributed by atoms with Gasteiger partial charge in [0.2, 0.25) is 0 Å². The van der Waals surface area contributed by atoms with E-state index in [9.17, 15) is 4.79 Å². The summed E-state index contributed by atoms with van der Waals surface area (Å²) in [5, 5.41) is 0. The van der Waals surface area contributed by atoms with Crippen molar-refractivity contribution < 1.29 is 4.79 Å². The molecular formula is C18H22N4O. The van der Waals surface area contributed by atoms with E-state index in [0.29, 0.717) is 5.56 Å². The summed E-state index contributed by atoms with van der Waals surface area (Å²) in [6.45, 7) is 3.75. The highest BCUT2D eigenvalue weighted by Gasteiger charge is 2.23. The van der Waals surface area contributed by atoms with Crippen LogP contribution in [0.3, 0.4) is 0 Å². The minimum Gasteiger partial charge on any atom is -0.353 e. The zero-order chi connectivity index (χ0) is 16.2. The van der Waals surface area contributed by atoms with Gasteiger partial charge in [0, 0.05) is 45.1 Å². The first-order valence-electron chi connectivity index (χ1n) is 7.88. The highest BCUT2D eigenvalue weighted by molar-refractivity contribution is 6.08. The van der Waals surface area contributed by atoms with E-state index in [1.54, 1.807) is 18.1 Å². The number of pyridine rings is 1. The Morgan fingerprint density at radius 2 is 1.74 bits per heavy atom. The van der Waals surface area contributed by atoms with E-state index in [0.717, 1.165) is 37.7 Å². The maximum atomic E-state index is 12.9. The van der Waals surface area contributed by atoms with Crippen molar-refractivity contribution in [2.24, 2.45) is 0 Å². The molecule has 0 aliphatic carbocycles. The van der Waals surface area contributed by atoms with Crippen molar-refractivity contribution in [1.29, 1.82) is 0 Å². The van der Waals surface area contributed by atoms with Crippen LogP contribution in [0.25, 0.3) is 0 Å². The summed E-state index contributed by atoms with van der Waals surface area (Å²) in [5.74, 6) is 0.756. The molecule has 3 rings (SSSR count). The number of anilines is 2. The largest absolute Gasteiger partial charge is 0.353 e. The number of piperazine rings is 1. The van der Waals surface area contributed by atoms with Crippen LogP contribution in [-0.2, 0) is 0 Å². The van der Waals surface area contributed by atoms with Crippen molar-refractivity contribution in [3.8, 4) is 0 Å². The third kappa shape index (κ3) is 3.35. The van der Waals surface area contributed by atoms with Gasteiger partial charge >= 0.3 is 0 Å². The predicted octanol–water partition coefficient (Wildman–Crippen LogP) is 2.11. The fraction of sp³-hybridized carbons (Fsp3) is 0.333. The summed E-state index contributed by atoms with van der Waals surface area (Å²) in [5.41, 5.74) is 1.54. The Morgan fingerprint density at radius 1 is 1.04 bits per heavy atom. The molecule has 2 aromatic rings. The van der Waals surface area contributed by atoms with Crippen molar-refractivity contribution >= 4 is 17.4 Å². The molecule has 1 aromatic carbocycles. The van der Waals surface area contributed by atoms with E-state index >= 15 is 0 Å². The quantitative estimate of drug-likeness (QED) is 0.870. The Labute approximate surface area is 137 Å². The fourth-order valence-corrected chi connectivity index (χ4v) is 2.78. The molecule has 23 heavy (non-hydrogen) atoms. The van der Waals surface area contributed by atoms with Crippen LogP contribution in [0, 0.1) is 0 Å². The monoisotopic (exact) mass is 310 g/mol. The lowest BCUT2D eigenvalue weighted by atomic mass is 10.2. The molecule has 1 fully saturated rings. The molecule has 0 spiro atoms. The van der Waals surface area contributed by atoms with Crippen molar-refractivity contribution in [2.75, 3.05) is 50.1 Å². The molecule has 0 N–H and O–H groups in total. The first-order chi connectivity index (χ1) is 11.2. The molecule has 1 aliphatic heterocycles. The average molecular weight is 310 g/mol. The zero-order valence-electron chi connectivity index (χ0n) is 13.6. The normalized spacial score (nSPS) is 15.5. The molecule has 0 unspecified atom stereocenters. The van der Waals surface area contributed by atoms with Gasteiger partial charge in [0.15, 0.2) is 0 Å². The zero-order valence-corrected chi connectivity index (χ0v) is 13.6. The maximum absolute atomic E-state index is 12.9. The number of benzene rings is 1. The number of rotatable bonds is 3. The Hall–Kier alpha value is -2.40. The smallest absolute Gasteiger partial charge is 0.261 e. The molecule has 1 saturated heterocycles. The van der Waals surface area contributed by atoms with Gasteiger partial charge in [0.05, 0.1) is 5.56 Å². The summed E-state index contributed by atoms with van der Waals surface area (Å²) >= 11 is 0. The molecule has 2 heterocycles. The van der Waals surface area contributed by atoms with Crippen LogP contribution in [0.15, 0.2) is 48.7 Å². The van der Waals surface area contributed by atoms with Crippen LogP contribution < -0.4 is 9.80 Å². The first kappa shape index (κ1) is 15.5. The molecule has 0 radical (unpaired) electrons. The van der Waals surface area contributed by atoms with E-state index in [-0.39, 0.29) is 5.91 Å². The van der Waals surface area contributed by atoms with Crippen LogP contribution in [0.1, 0.15) is 10.4 Å². The van der Waals surface area contributed by atoms with Gasteiger partial charge in [-0.15, -0.1) is 0 Å². The van der Waals surface area contributed by atoms with Gasteiger partial charge in [-0.25, -0.2) is 4.98 Å². The Bertz CT molecular complexity index is 666. The Morgan fingerprint density at radius 3 is 2.43 bits per heavy atom. The highest BCUT2D eigenvalue weighted by atomic mass is 16.2. The van der Waals surface area contributed by atoms with Crippen molar-refractivity contribution in [3.63, 3.8) is 0 Å². The summed E-state index contributed by atoms with van der Waals surface area (Å²) in [7, 11) is 3.92. The summed E-state index contributed by atoms with van der Waals surface area (Å²) in [4.78, 5) is 23.6. The summed E-state index contributed by atoms with van der Waals surface area (Å²) in [6, 6.07) is 13.4. The number of carbonyl (C=O) groups is 1. The number of aromatic nitrogens is 1.